The second-order valence-electron chi connectivity index (χ2n) is 2.31. The molecule has 0 N–H and O–H groups in total. The molecule has 0 unspecified atom stereocenters. The molecule has 1 aromatic rings. The van der Waals surface area contributed by atoms with Crippen LogP contribution in [0, 0.1) is 0 Å². The summed E-state index contributed by atoms with van der Waals surface area (Å²) >= 11 is 0. The van der Waals surface area contributed by atoms with Crippen LogP contribution in [0.5, 0.6) is 0 Å². The third-order valence-corrected chi connectivity index (χ3v) is 1.59. The molecule has 1 atom stereocenters. The number of aromatic nitrogens is 1. The molecule has 3 heteroatoms. The van der Waals surface area contributed by atoms with Crippen molar-refractivity contribution in [1.82, 2.24) is 4.98 Å². The highest BCUT2D eigenvalue weighted by Gasteiger charge is 2.15. The Labute approximate surface area is 58.8 Å². The Kier molecular flexibility index (Phi) is 1.03. The quantitative estimate of drug-likeness (QED) is 0.534. The van der Waals surface area contributed by atoms with E-state index in [1.165, 1.54) is 0 Å². The average Bonchev–Trinajstić information content (AvgIpc) is 2.34. The monoisotopic (exact) mass is 133 g/mol. The summed E-state index contributed by atoms with van der Waals surface area (Å²) in [6, 6.07) is 4.11. The lowest BCUT2D eigenvalue weighted by Gasteiger charge is -1.96. The van der Waals surface area contributed by atoms with E-state index in [2.05, 4.69) is 15.2 Å². The highest BCUT2D eigenvalue weighted by molar-refractivity contribution is 5.41. The molecule has 0 fully saturated rings. The Bertz CT molecular complexity index is 280. The van der Waals surface area contributed by atoms with Gasteiger partial charge in [-0.3, -0.25) is 0 Å². The SMILES string of the molecule is C[C@H]1N=Nc2ncccc21. The smallest absolute Gasteiger partial charge is 0.179 e. The number of nitrogens with zero attached hydrogens (tertiary/aromatic N) is 3. The van der Waals surface area contributed by atoms with E-state index in [9.17, 15) is 0 Å². The summed E-state index contributed by atoms with van der Waals surface area (Å²) < 4.78 is 0. The highest BCUT2D eigenvalue weighted by atomic mass is 15.2. The van der Waals surface area contributed by atoms with Crippen LogP contribution in [0.3, 0.4) is 0 Å². The average molecular weight is 133 g/mol. The number of hydrogen-bond acceptors (Lipinski definition) is 3. The normalized spacial score (nSPS) is 21.1. The summed E-state index contributed by atoms with van der Waals surface area (Å²) in [5.41, 5.74) is 1.13. The lowest BCUT2D eigenvalue weighted by Crippen LogP contribution is -1.83. The number of pyridine rings is 1. The Morgan fingerprint density at radius 3 is 3.20 bits per heavy atom. The maximum atomic E-state index is 4.05. The molecular formula is C7H7N3. The largest absolute Gasteiger partial charge is 0.235 e. The van der Waals surface area contributed by atoms with Gasteiger partial charge >= 0.3 is 0 Å². The van der Waals surface area contributed by atoms with E-state index in [-0.39, 0.29) is 6.04 Å². The van der Waals surface area contributed by atoms with Gasteiger partial charge in [0.1, 0.15) is 0 Å². The standard InChI is InChI=1S/C7H7N3/c1-5-6-3-2-4-8-7(6)10-9-5/h2-5H,1H3/t5-/m1/s1. The molecule has 1 aliphatic heterocycles. The molecule has 0 saturated heterocycles. The lowest BCUT2D eigenvalue weighted by atomic mass is 10.1. The van der Waals surface area contributed by atoms with Crippen molar-refractivity contribution in [3.05, 3.63) is 23.9 Å². The summed E-state index contributed by atoms with van der Waals surface area (Å²) in [7, 11) is 0. The third-order valence-electron chi connectivity index (χ3n) is 1.59. The van der Waals surface area contributed by atoms with Crippen molar-refractivity contribution in [3.8, 4) is 0 Å². The van der Waals surface area contributed by atoms with Gasteiger partial charge in [0.2, 0.25) is 0 Å². The van der Waals surface area contributed by atoms with Gasteiger partial charge in [-0.05, 0) is 13.0 Å². The van der Waals surface area contributed by atoms with Gasteiger partial charge < -0.3 is 0 Å². The maximum Gasteiger partial charge on any atom is 0.179 e. The first-order valence-electron chi connectivity index (χ1n) is 3.23. The number of rotatable bonds is 0. The minimum Gasteiger partial charge on any atom is -0.235 e. The first-order chi connectivity index (χ1) is 4.88. The van der Waals surface area contributed by atoms with Crippen LogP contribution in [-0.2, 0) is 0 Å². The van der Waals surface area contributed by atoms with Gasteiger partial charge in [-0.15, -0.1) is 5.11 Å². The Balaban J connectivity index is 2.59. The van der Waals surface area contributed by atoms with Crippen molar-refractivity contribution >= 4 is 5.82 Å². The summed E-state index contributed by atoms with van der Waals surface area (Å²) in [4.78, 5) is 4.05. The molecule has 1 aliphatic rings. The Morgan fingerprint density at radius 2 is 2.40 bits per heavy atom. The van der Waals surface area contributed by atoms with Crippen molar-refractivity contribution in [3.63, 3.8) is 0 Å². The predicted molar refractivity (Wildman–Crippen MR) is 37.2 cm³/mol. The zero-order valence-electron chi connectivity index (χ0n) is 5.65. The Morgan fingerprint density at radius 1 is 1.50 bits per heavy atom. The van der Waals surface area contributed by atoms with Crippen LogP contribution in [0.2, 0.25) is 0 Å². The lowest BCUT2D eigenvalue weighted by molar-refractivity contribution is 0.811. The maximum absolute atomic E-state index is 4.05. The minimum atomic E-state index is 0.198. The molecule has 0 bridgehead atoms. The van der Waals surface area contributed by atoms with Gasteiger partial charge in [-0.1, -0.05) is 6.07 Å². The van der Waals surface area contributed by atoms with E-state index in [1.807, 2.05) is 19.1 Å². The van der Waals surface area contributed by atoms with E-state index in [0.29, 0.717) is 0 Å². The van der Waals surface area contributed by atoms with Crippen LogP contribution in [0.4, 0.5) is 5.82 Å². The summed E-state index contributed by atoms with van der Waals surface area (Å²) in [5, 5.41) is 7.86. The van der Waals surface area contributed by atoms with Crippen molar-refractivity contribution in [1.29, 1.82) is 0 Å². The van der Waals surface area contributed by atoms with Crippen LogP contribution in [-0.4, -0.2) is 4.98 Å². The number of hydrogen-bond donors (Lipinski definition) is 0. The first-order valence-corrected chi connectivity index (χ1v) is 3.23. The topological polar surface area (TPSA) is 37.6 Å². The van der Waals surface area contributed by atoms with Crippen LogP contribution in [0.1, 0.15) is 18.5 Å². The van der Waals surface area contributed by atoms with Gasteiger partial charge in [-0.25, -0.2) is 4.98 Å². The molecule has 0 saturated carbocycles. The molecule has 0 radical (unpaired) electrons. The zero-order valence-corrected chi connectivity index (χ0v) is 5.65. The van der Waals surface area contributed by atoms with Crippen LogP contribution >= 0.6 is 0 Å². The number of azo groups is 1. The Hall–Kier alpha value is -1.25. The molecule has 50 valence electrons. The molecule has 1 aromatic heterocycles. The van der Waals surface area contributed by atoms with E-state index < -0.39 is 0 Å². The molecule has 0 spiro atoms. The second-order valence-corrected chi connectivity index (χ2v) is 2.31. The van der Waals surface area contributed by atoms with Gasteiger partial charge in [0.25, 0.3) is 0 Å². The van der Waals surface area contributed by atoms with E-state index in [0.717, 1.165) is 11.4 Å². The van der Waals surface area contributed by atoms with Crippen molar-refractivity contribution in [2.24, 2.45) is 10.2 Å². The van der Waals surface area contributed by atoms with E-state index >= 15 is 0 Å². The highest BCUT2D eigenvalue weighted by Crippen LogP contribution is 2.32. The van der Waals surface area contributed by atoms with Gasteiger partial charge in [-0.2, -0.15) is 5.11 Å². The molecule has 0 amide bonds. The van der Waals surface area contributed by atoms with Gasteiger partial charge in [0.05, 0.1) is 6.04 Å². The molecule has 3 nitrogen and oxygen atoms in total. The van der Waals surface area contributed by atoms with Crippen molar-refractivity contribution in [2.75, 3.05) is 0 Å². The fourth-order valence-corrected chi connectivity index (χ4v) is 1.02. The molecule has 0 aromatic carbocycles. The van der Waals surface area contributed by atoms with Crippen LogP contribution in [0.15, 0.2) is 28.6 Å². The number of fused-ring (bicyclic) bond motifs is 1. The fraction of sp³-hybridized carbons (Fsp3) is 0.286. The van der Waals surface area contributed by atoms with Crippen LogP contribution < -0.4 is 0 Å². The molecule has 2 rings (SSSR count). The van der Waals surface area contributed by atoms with Crippen molar-refractivity contribution in [2.45, 2.75) is 13.0 Å². The predicted octanol–water partition coefficient (Wildman–Crippen LogP) is 2.24. The van der Waals surface area contributed by atoms with E-state index in [4.69, 9.17) is 0 Å². The second kappa shape index (κ2) is 1.87. The molecule has 2 heterocycles. The zero-order chi connectivity index (χ0) is 6.97. The summed E-state index contributed by atoms with van der Waals surface area (Å²) in [5.74, 6) is 0.773. The first kappa shape index (κ1) is 5.53. The van der Waals surface area contributed by atoms with Crippen molar-refractivity contribution < 1.29 is 0 Å². The van der Waals surface area contributed by atoms with Gasteiger partial charge in [0.15, 0.2) is 5.82 Å². The van der Waals surface area contributed by atoms with Gasteiger partial charge in [0, 0.05) is 11.8 Å². The molecular weight excluding hydrogens is 126 g/mol. The third kappa shape index (κ3) is 0.635. The molecule has 10 heavy (non-hydrogen) atoms. The summed E-state index contributed by atoms with van der Waals surface area (Å²) in [6.07, 6.45) is 1.73. The van der Waals surface area contributed by atoms with E-state index in [1.54, 1.807) is 6.20 Å². The van der Waals surface area contributed by atoms with Crippen LogP contribution in [0.25, 0.3) is 0 Å². The fourth-order valence-electron chi connectivity index (χ4n) is 1.02. The molecule has 0 aliphatic carbocycles. The summed E-state index contributed by atoms with van der Waals surface area (Å²) in [6.45, 7) is 2.01. The minimum absolute atomic E-state index is 0.198.